The standard InChI is InChI=1S/C18H23N3O3S/c1-12-5-7-15(8-6-12)21-14(3)18(13(2)20-21)19-16(22)11-25-10-9-17(23)24-4/h5-8H,9-11H2,1-4H3,(H,19,22). The van der Waals surface area contributed by atoms with E-state index in [0.717, 1.165) is 22.8 Å². The average molecular weight is 361 g/mol. The van der Waals surface area contributed by atoms with Crippen molar-refractivity contribution in [2.75, 3.05) is 23.9 Å². The van der Waals surface area contributed by atoms with Crippen LogP contribution >= 0.6 is 11.8 Å². The summed E-state index contributed by atoms with van der Waals surface area (Å²) in [6, 6.07) is 8.07. The summed E-state index contributed by atoms with van der Waals surface area (Å²) in [6.07, 6.45) is 0.303. The molecule has 1 N–H and O–H groups in total. The van der Waals surface area contributed by atoms with Crippen LogP contribution in [0.4, 0.5) is 5.69 Å². The van der Waals surface area contributed by atoms with Crippen molar-refractivity contribution >= 4 is 29.3 Å². The van der Waals surface area contributed by atoms with Gasteiger partial charge in [0.15, 0.2) is 0 Å². The Morgan fingerprint density at radius 3 is 2.52 bits per heavy atom. The van der Waals surface area contributed by atoms with Gasteiger partial charge in [-0.2, -0.15) is 16.9 Å². The van der Waals surface area contributed by atoms with Gasteiger partial charge in [0, 0.05) is 5.75 Å². The van der Waals surface area contributed by atoms with Crippen LogP contribution in [0.15, 0.2) is 24.3 Å². The van der Waals surface area contributed by atoms with Gasteiger partial charge in [-0.25, -0.2) is 4.68 Å². The maximum absolute atomic E-state index is 12.1. The zero-order valence-electron chi connectivity index (χ0n) is 15.0. The third-order valence-corrected chi connectivity index (χ3v) is 4.70. The third-order valence-electron chi connectivity index (χ3n) is 3.75. The number of esters is 1. The second-order valence-corrected chi connectivity index (χ2v) is 6.83. The Balaban J connectivity index is 1.99. The van der Waals surface area contributed by atoms with Gasteiger partial charge >= 0.3 is 5.97 Å². The topological polar surface area (TPSA) is 73.2 Å². The predicted octanol–water partition coefficient (Wildman–Crippen LogP) is 3.03. The fourth-order valence-corrected chi connectivity index (χ4v) is 3.07. The number of hydrogen-bond acceptors (Lipinski definition) is 5. The number of amides is 1. The molecule has 0 fully saturated rings. The lowest BCUT2D eigenvalue weighted by Gasteiger charge is -2.07. The van der Waals surface area contributed by atoms with Gasteiger partial charge in [-0.3, -0.25) is 9.59 Å². The number of carbonyl (C=O) groups excluding carboxylic acids is 2. The highest BCUT2D eigenvalue weighted by molar-refractivity contribution is 7.99. The number of benzene rings is 1. The van der Waals surface area contributed by atoms with Crippen LogP contribution < -0.4 is 5.32 Å². The molecule has 0 aliphatic rings. The van der Waals surface area contributed by atoms with Gasteiger partial charge < -0.3 is 10.1 Å². The molecule has 6 nitrogen and oxygen atoms in total. The maximum Gasteiger partial charge on any atom is 0.306 e. The summed E-state index contributed by atoms with van der Waals surface area (Å²) in [4.78, 5) is 23.2. The zero-order valence-corrected chi connectivity index (χ0v) is 15.8. The Kier molecular flexibility index (Phi) is 6.64. The zero-order chi connectivity index (χ0) is 18.4. The number of anilines is 1. The number of ether oxygens (including phenoxy) is 1. The van der Waals surface area contributed by atoms with Crippen LogP contribution in [0.25, 0.3) is 5.69 Å². The van der Waals surface area contributed by atoms with E-state index in [0.29, 0.717) is 12.2 Å². The number of nitrogens with zero attached hydrogens (tertiary/aromatic N) is 2. The minimum Gasteiger partial charge on any atom is -0.469 e. The highest BCUT2D eigenvalue weighted by atomic mass is 32.2. The average Bonchev–Trinajstić information content (AvgIpc) is 2.87. The monoisotopic (exact) mass is 361 g/mol. The largest absolute Gasteiger partial charge is 0.469 e. The van der Waals surface area contributed by atoms with E-state index in [2.05, 4.69) is 15.2 Å². The van der Waals surface area contributed by atoms with Crippen molar-refractivity contribution < 1.29 is 14.3 Å². The molecule has 0 atom stereocenters. The Bertz CT molecular complexity index is 754. The summed E-state index contributed by atoms with van der Waals surface area (Å²) in [7, 11) is 1.36. The molecular weight excluding hydrogens is 338 g/mol. The third kappa shape index (κ3) is 5.09. The lowest BCUT2D eigenvalue weighted by molar-refractivity contribution is -0.140. The molecule has 1 amide bonds. The predicted molar refractivity (Wildman–Crippen MR) is 100 cm³/mol. The minimum atomic E-state index is -0.265. The molecule has 134 valence electrons. The van der Waals surface area contributed by atoms with Crippen LogP contribution in [0.3, 0.4) is 0 Å². The van der Waals surface area contributed by atoms with Crippen molar-refractivity contribution in [3.63, 3.8) is 0 Å². The molecule has 0 aliphatic heterocycles. The molecule has 0 saturated carbocycles. The second-order valence-electron chi connectivity index (χ2n) is 5.72. The number of aromatic nitrogens is 2. The highest BCUT2D eigenvalue weighted by Gasteiger charge is 2.15. The van der Waals surface area contributed by atoms with Gasteiger partial charge in [-0.05, 0) is 32.9 Å². The molecule has 1 aromatic heterocycles. The van der Waals surface area contributed by atoms with Crippen molar-refractivity contribution in [3.05, 3.63) is 41.2 Å². The van der Waals surface area contributed by atoms with E-state index < -0.39 is 0 Å². The Morgan fingerprint density at radius 2 is 1.88 bits per heavy atom. The molecule has 0 aliphatic carbocycles. The van der Waals surface area contributed by atoms with Crippen molar-refractivity contribution in [3.8, 4) is 5.69 Å². The summed E-state index contributed by atoms with van der Waals surface area (Å²) in [6.45, 7) is 5.84. The first-order valence-corrected chi connectivity index (χ1v) is 9.15. The van der Waals surface area contributed by atoms with Crippen molar-refractivity contribution in [1.82, 2.24) is 9.78 Å². The number of rotatable bonds is 7. The minimum absolute atomic E-state index is 0.107. The summed E-state index contributed by atoms with van der Waals surface area (Å²) in [5, 5.41) is 7.45. The van der Waals surface area contributed by atoms with Gasteiger partial charge in [-0.1, -0.05) is 17.7 Å². The van der Waals surface area contributed by atoms with Gasteiger partial charge in [0.1, 0.15) is 0 Å². The van der Waals surface area contributed by atoms with E-state index in [1.165, 1.54) is 24.4 Å². The molecule has 2 aromatic rings. The van der Waals surface area contributed by atoms with Crippen LogP contribution in [-0.4, -0.2) is 40.3 Å². The van der Waals surface area contributed by atoms with Crippen molar-refractivity contribution in [2.45, 2.75) is 27.2 Å². The summed E-state index contributed by atoms with van der Waals surface area (Å²) in [5.74, 6) is 0.468. The number of thioether (sulfide) groups is 1. The lowest BCUT2D eigenvalue weighted by Crippen LogP contribution is -2.16. The van der Waals surface area contributed by atoms with Crippen LogP contribution in [0.5, 0.6) is 0 Å². The molecule has 0 bridgehead atoms. The first-order valence-electron chi connectivity index (χ1n) is 8.00. The fraction of sp³-hybridized carbons (Fsp3) is 0.389. The lowest BCUT2D eigenvalue weighted by atomic mass is 10.2. The Labute approximate surface area is 151 Å². The highest BCUT2D eigenvalue weighted by Crippen LogP contribution is 2.23. The summed E-state index contributed by atoms with van der Waals surface area (Å²) < 4.78 is 6.40. The Hall–Kier alpha value is -2.28. The number of hydrogen-bond donors (Lipinski definition) is 1. The van der Waals surface area contributed by atoms with Gasteiger partial charge in [0.2, 0.25) is 5.91 Å². The summed E-state index contributed by atoms with van der Waals surface area (Å²) in [5.41, 5.74) is 4.53. The smallest absolute Gasteiger partial charge is 0.306 e. The molecule has 0 spiro atoms. The molecule has 0 radical (unpaired) electrons. The van der Waals surface area contributed by atoms with E-state index in [9.17, 15) is 9.59 Å². The second kappa shape index (κ2) is 8.71. The van der Waals surface area contributed by atoms with E-state index in [1.54, 1.807) is 0 Å². The molecule has 25 heavy (non-hydrogen) atoms. The number of carbonyl (C=O) groups is 2. The van der Waals surface area contributed by atoms with E-state index in [-0.39, 0.29) is 17.6 Å². The van der Waals surface area contributed by atoms with Gasteiger partial charge in [0.05, 0.1) is 42.0 Å². The normalized spacial score (nSPS) is 10.6. The Morgan fingerprint density at radius 1 is 1.20 bits per heavy atom. The molecular formula is C18H23N3O3S. The molecule has 7 heteroatoms. The van der Waals surface area contributed by atoms with Crippen LogP contribution in [0, 0.1) is 20.8 Å². The van der Waals surface area contributed by atoms with Crippen molar-refractivity contribution in [1.29, 1.82) is 0 Å². The van der Waals surface area contributed by atoms with Crippen LogP contribution in [0.1, 0.15) is 23.4 Å². The SMILES string of the molecule is COC(=O)CCSCC(=O)Nc1c(C)nn(-c2ccc(C)cc2)c1C. The van der Waals surface area contributed by atoms with Gasteiger partial charge in [-0.15, -0.1) is 0 Å². The number of nitrogens with one attached hydrogen (secondary N) is 1. The van der Waals surface area contributed by atoms with E-state index in [1.807, 2.05) is 49.7 Å². The molecule has 2 rings (SSSR count). The summed E-state index contributed by atoms with van der Waals surface area (Å²) >= 11 is 1.40. The van der Waals surface area contributed by atoms with Crippen LogP contribution in [0.2, 0.25) is 0 Å². The quantitative estimate of drug-likeness (QED) is 0.606. The van der Waals surface area contributed by atoms with E-state index in [4.69, 9.17) is 0 Å². The number of aryl methyl sites for hydroxylation is 2. The fourth-order valence-electron chi connectivity index (χ4n) is 2.36. The first-order chi connectivity index (χ1) is 11.9. The van der Waals surface area contributed by atoms with E-state index >= 15 is 0 Å². The van der Waals surface area contributed by atoms with Crippen LogP contribution in [-0.2, 0) is 14.3 Å². The maximum atomic E-state index is 12.1. The number of methoxy groups -OCH3 is 1. The molecule has 0 saturated heterocycles. The first kappa shape index (κ1) is 19.1. The van der Waals surface area contributed by atoms with Gasteiger partial charge in [0.25, 0.3) is 0 Å². The molecule has 1 aromatic carbocycles. The molecule has 0 unspecified atom stereocenters. The molecule has 1 heterocycles. The van der Waals surface area contributed by atoms with Crippen molar-refractivity contribution in [2.24, 2.45) is 0 Å².